The Morgan fingerprint density at radius 2 is 1.78 bits per heavy atom. The van der Waals surface area contributed by atoms with E-state index in [1.165, 1.54) is 23.8 Å². The lowest BCUT2D eigenvalue weighted by atomic mass is 10.1. The van der Waals surface area contributed by atoms with Gasteiger partial charge in [0.15, 0.2) is 5.75 Å². The summed E-state index contributed by atoms with van der Waals surface area (Å²) >= 11 is 0. The molecule has 1 aromatic heterocycles. The molecule has 32 heavy (non-hydrogen) atoms. The molecule has 0 aliphatic rings. The number of rotatable bonds is 7. The molecule has 4 rings (SSSR count). The van der Waals surface area contributed by atoms with Gasteiger partial charge in [-0.15, -0.1) is 10.2 Å². The van der Waals surface area contributed by atoms with Gasteiger partial charge in [0.25, 0.3) is 5.91 Å². The number of ether oxygens (including phenoxy) is 1. The maximum Gasteiger partial charge on any atom is 0.311 e. The lowest BCUT2D eigenvalue weighted by Gasteiger charge is -2.07. The van der Waals surface area contributed by atoms with E-state index in [2.05, 4.69) is 22.4 Å². The molecule has 0 bridgehead atoms. The van der Waals surface area contributed by atoms with Crippen molar-refractivity contribution in [2.24, 2.45) is 0 Å². The van der Waals surface area contributed by atoms with E-state index < -0.39 is 10.8 Å². The topological polar surface area (TPSA) is 112 Å². The van der Waals surface area contributed by atoms with E-state index in [0.717, 1.165) is 12.1 Å². The number of fused-ring (bicyclic) bond motifs is 1. The monoisotopic (exact) mass is 431 g/mol. The Morgan fingerprint density at radius 1 is 1.03 bits per heavy atom. The predicted octanol–water partition coefficient (Wildman–Crippen LogP) is 4.54. The third-order valence-corrected chi connectivity index (χ3v) is 4.93. The van der Waals surface area contributed by atoms with Crippen molar-refractivity contribution >= 4 is 28.3 Å². The molecule has 0 radical (unpaired) electrons. The van der Waals surface area contributed by atoms with Gasteiger partial charge in [-0.25, -0.2) is 0 Å². The van der Waals surface area contributed by atoms with Gasteiger partial charge >= 0.3 is 5.69 Å². The smallest absolute Gasteiger partial charge is 0.311 e. The Bertz CT molecular complexity index is 1300. The van der Waals surface area contributed by atoms with E-state index in [-0.39, 0.29) is 23.6 Å². The van der Waals surface area contributed by atoms with Crippen LogP contribution >= 0.6 is 0 Å². The largest absolute Gasteiger partial charge is 0.487 e. The molecular formula is C23H21N5O4. The second-order valence-electron chi connectivity index (χ2n) is 7.04. The van der Waals surface area contributed by atoms with Crippen LogP contribution in [-0.4, -0.2) is 32.4 Å². The van der Waals surface area contributed by atoms with Crippen molar-refractivity contribution < 1.29 is 14.5 Å². The molecule has 9 nitrogen and oxygen atoms in total. The van der Waals surface area contributed by atoms with E-state index in [1.807, 2.05) is 24.3 Å². The molecule has 3 aromatic carbocycles. The summed E-state index contributed by atoms with van der Waals surface area (Å²) in [7, 11) is 0. The van der Waals surface area contributed by atoms with Gasteiger partial charge in [0.2, 0.25) is 0 Å². The summed E-state index contributed by atoms with van der Waals surface area (Å²) in [6, 6.07) is 17.3. The lowest BCUT2D eigenvalue weighted by Crippen LogP contribution is -2.12. The maximum atomic E-state index is 12.7. The van der Waals surface area contributed by atoms with Gasteiger partial charge in [0, 0.05) is 17.3 Å². The van der Waals surface area contributed by atoms with Gasteiger partial charge < -0.3 is 10.1 Å². The first kappa shape index (κ1) is 21.0. The van der Waals surface area contributed by atoms with Crippen molar-refractivity contribution in [1.29, 1.82) is 0 Å². The molecule has 0 unspecified atom stereocenters. The van der Waals surface area contributed by atoms with Crippen molar-refractivity contribution in [1.82, 2.24) is 15.0 Å². The van der Waals surface area contributed by atoms with E-state index in [9.17, 15) is 14.9 Å². The average Bonchev–Trinajstić information content (AvgIpc) is 3.23. The van der Waals surface area contributed by atoms with Crippen LogP contribution < -0.4 is 10.1 Å². The zero-order valence-electron chi connectivity index (χ0n) is 17.6. The zero-order valence-corrected chi connectivity index (χ0v) is 17.6. The number of benzene rings is 3. The molecule has 1 amide bonds. The minimum Gasteiger partial charge on any atom is -0.487 e. The van der Waals surface area contributed by atoms with E-state index in [0.29, 0.717) is 16.7 Å². The molecule has 4 aromatic rings. The minimum atomic E-state index is -0.570. The van der Waals surface area contributed by atoms with Gasteiger partial charge in [-0.3, -0.25) is 14.9 Å². The number of hydrogen-bond acceptors (Lipinski definition) is 6. The molecule has 0 atom stereocenters. The number of anilines is 1. The molecular weight excluding hydrogens is 410 g/mol. The van der Waals surface area contributed by atoms with Crippen LogP contribution in [0.1, 0.15) is 29.8 Å². The molecule has 1 N–H and O–H groups in total. The summed E-state index contributed by atoms with van der Waals surface area (Å²) in [5, 5.41) is 23.0. The maximum absolute atomic E-state index is 12.7. The Hall–Kier alpha value is -4.27. The van der Waals surface area contributed by atoms with Crippen molar-refractivity contribution in [3.8, 4) is 11.4 Å². The number of carbonyl (C=O) groups is 1. The van der Waals surface area contributed by atoms with Gasteiger partial charge in [0.05, 0.1) is 17.2 Å². The number of nitrogens with zero attached hydrogens (tertiary/aromatic N) is 4. The summed E-state index contributed by atoms with van der Waals surface area (Å²) in [6.45, 7) is 4.11. The number of aromatic nitrogens is 3. The van der Waals surface area contributed by atoms with Crippen LogP contribution in [0.4, 0.5) is 11.4 Å². The van der Waals surface area contributed by atoms with Crippen LogP contribution in [0.3, 0.4) is 0 Å². The van der Waals surface area contributed by atoms with Crippen molar-refractivity contribution in [3.63, 3.8) is 0 Å². The first-order valence-corrected chi connectivity index (χ1v) is 10.2. The van der Waals surface area contributed by atoms with Crippen molar-refractivity contribution in [2.45, 2.75) is 20.3 Å². The standard InChI is InChI=1S/C23H21N5O4/c1-3-15-5-9-18(10-6-15)27-25-19-11-8-17(14-20(19)26-27)24-23(29)16-7-12-22(32-4-2)21(13-16)28(30)31/h5-14H,3-4H2,1-2H3,(H,24,29). The Labute approximate surface area is 183 Å². The number of amides is 1. The highest BCUT2D eigenvalue weighted by Crippen LogP contribution is 2.28. The van der Waals surface area contributed by atoms with Gasteiger partial charge in [-0.1, -0.05) is 19.1 Å². The first-order valence-electron chi connectivity index (χ1n) is 10.2. The normalized spacial score (nSPS) is 10.8. The highest BCUT2D eigenvalue weighted by molar-refractivity contribution is 6.05. The summed E-state index contributed by atoms with van der Waals surface area (Å²) in [4.78, 5) is 24.9. The second-order valence-corrected chi connectivity index (χ2v) is 7.04. The SMILES string of the molecule is CCOc1ccc(C(=O)Nc2ccc3nn(-c4ccc(CC)cc4)nc3c2)cc1[N+](=O)[O-]. The van der Waals surface area contributed by atoms with Gasteiger partial charge in [0.1, 0.15) is 11.0 Å². The van der Waals surface area contributed by atoms with Crippen molar-refractivity contribution in [3.05, 3.63) is 81.9 Å². The first-order chi connectivity index (χ1) is 15.5. The number of nitro benzene ring substituents is 1. The highest BCUT2D eigenvalue weighted by Gasteiger charge is 2.19. The number of carbonyl (C=O) groups excluding carboxylic acids is 1. The molecule has 0 saturated carbocycles. The fraction of sp³-hybridized carbons (Fsp3) is 0.174. The molecule has 0 aliphatic heterocycles. The third-order valence-electron chi connectivity index (χ3n) is 4.93. The number of nitrogens with one attached hydrogen (secondary N) is 1. The van der Waals surface area contributed by atoms with Crippen LogP contribution in [0, 0.1) is 10.1 Å². The molecule has 0 spiro atoms. The Morgan fingerprint density at radius 3 is 2.47 bits per heavy atom. The van der Waals surface area contributed by atoms with Gasteiger partial charge in [-0.05, 0) is 61.4 Å². The summed E-state index contributed by atoms with van der Waals surface area (Å²) in [5.74, 6) is -0.350. The Kier molecular flexibility index (Phi) is 5.80. The second kappa shape index (κ2) is 8.84. The van der Waals surface area contributed by atoms with E-state index in [1.54, 1.807) is 29.9 Å². The fourth-order valence-electron chi connectivity index (χ4n) is 3.25. The number of aryl methyl sites for hydroxylation is 1. The molecule has 1 heterocycles. The third kappa shape index (κ3) is 4.27. The molecule has 0 fully saturated rings. The Balaban J connectivity index is 1.57. The molecule has 0 saturated heterocycles. The van der Waals surface area contributed by atoms with E-state index >= 15 is 0 Å². The van der Waals surface area contributed by atoms with Crippen LogP contribution in [0.2, 0.25) is 0 Å². The van der Waals surface area contributed by atoms with Gasteiger partial charge in [-0.2, -0.15) is 4.80 Å². The fourth-order valence-corrected chi connectivity index (χ4v) is 3.25. The summed E-state index contributed by atoms with van der Waals surface area (Å²) < 4.78 is 5.26. The zero-order chi connectivity index (χ0) is 22.7. The highest BCUT2D eigenvalue weighted by atomic mass is 16.6. The van der Waals surface area contributed by atoms with Crippen LogP contribution in [0.25, 0.3) is 16.7 Å². The number of nitro groups is 1. The summed E-state index contributed by atoms with van der Waals surface area (Å²) in [5.41, 5.74) is 3.76. The van der Waals surface area contributed by atoms with Crippen LogP contribution in [0.5, 0.6) is 5.75 Å². The molecule has 9 heteroatoms. The quantitative estimate of drug-likeness (QED) is 0.340. The predicted molar refractivity (Wildman–Crippen MR) is 120 cm³/mol. The average molecular weight is 431 g/mol. The summed E-state index contributed by atoms with van der Waals surface area (Å²) in [6.07, 6.45) is 0.954. The lowest BCUT2D eigenvalue weighted by molar-refractivity contribution is -0.385. The van der Waals surface area contributed by atoms with E-state index in [4.69, 9.17) is 4.74 Å². The number of hydrogen-bond donors (Lipinski definition) is 1. The van der Waals surface area contributed by atoms with Crippen molar-refractivity contribution in [2.75, 3.05) is 11.9 Å². The minimum absolute atomic E-state index is 0.124. The van der Waals surface area contributed by atoms with Crippen LogP contribution in [0.15, 0.2) is 60.7 Å². The molecule has 162 valence electrons. The molecule has 0 aliphatic carbocycles. The van der Waals surface area contributed by atoms with Crippen LogP contribution in [-0.2, 0) is 6.42 Å².